The summed E-state index contributed by atoms with van der Waals surface area (Å²) in [5.41, 5.74) is -0.984. The van der Waals surface area contributed by atoms with Crippen molar-refractivity contribution < 1.29 is 15.0 Å². The lowest BCUT2D eigenvalue weighted by atomic mass is 9.92. The molecule has 0 aromatic heterocycles. The molecule has 0 saturated heterocycles. The molecule has 8 nitrogen and oxygen atoms in total. The minimum Gasteiger partial charge on any atom is -0.505 e. The largest absolute Gasteiger partial charge is 0.505 e. The van der Waals surface area contributed by atoms with Crippen molar-refractivity contribution >= 4 is 23.0 Å². The molecule has 0 bridgehead atoms. The van der Waals surface area contributed by atoms with E-state index < -0.39 is 17.0 Å². The first-order valence-corrected chi connectivity index (χ1v) is 8.89. The molecule has 2 atom stereocenters. The van der Waals surface area contributed by atoms with Crippen LogP contribution in [-0.2, 0) is 0 Å². The first-order chi connectivity index (χ1) is 12.8. The van der Waals surface area contributed by atoms with E-state index in [1.54, 1.807) is 20.2 Å². The van der Waals surface area contributed by atoms with E-state index in [-0.39, 0.29) is 40.3 Å². The van der Waals surface area contributed by atoms with Gasteiger partial charge in [-0.1, -0.05) is 18.9 Å². The monoisotopic (exact) mass is 373 g/mol. The lowest BCUT2D eigenvalue weighted by molar-refractivity contribution is 0.0824. The molecule has 0 radical (unpaired) electrons. The molecule has 144 valence electrons. The number of hydrogen-bond acceptors (Lipinski definition) is 7. The van der Waals surface area contributed by atoms with E-state index in [9.17, 15) is 24.6 Å². The average Bonchev–Trinajstić information content (AvgIpc) is 2.66. The van der Waals surface area contributed by atoms with E-state index in [1.165, 1.54) is 17.0 Å². The van der Waals surface area contributed by atoms with E-state index in [0.717, 1.165) is 12.8 Å². The maximum absolute atomic E-state index is 12.1. The van der Waals surface area contributed by atoms with Gasteiger partial charge in [-0.25, -0.2) is 0 Å². The summed E-state index contributed by atoms with van der Waals surface area (Å²) in [6.45, 7) is 0. The highest BCUT2D eigenvalue weighted by Crippen LogP contribution is 2.32. The van der Waals surface area contributed by atoms with Crippen molar-refractivity contribution in [3.8, 4) is 5.75 Å². The van der Waals surface area contributed by atoms with Crippen LogP contribution in [0.5, 0.6) is 5.75 Å². The van der Waals surface area contributed by atoms with Crippen LogP contribution in [0.4, 0.5) is 17.1 Å². The molecule has 1 saturated carbocycles. The Hall–Kier alpha value is -2.87. The highest BCUT2D eigenvalue weighted by molar-refractivity contribution is 5.99. The van der Waals surface area contributed by atoms with Crippen LogP contribution >= 0.6 is 0 Å². The zero-order valence-corrected chi connectivity index (χ0v) is 15.3. The summed E-state index contributed by atoms with van der Waals surface area (Å²) in [6, 6.07) is 4.26. The van der Waals surface area contributed by atoms with Crippen molar-refractivity contribution in [2.45, 2.75) is 37.8 Å². The van der Waals surface area contributed by atoms with Gasteiger partial charge in [0.25, 0.3) is 16.8 Å². The minimum atomic E-state index is -0.702. The Morgan fingerprint density at radius 2 is 1.78 bits per heavy atom. The number of rotatable bonds is 5. The van der Waals surface area contributed by atoms with E-state index in [1.807, 2.05) is 0 Å². The Balaban J connectivity index is 1.86. The minimum absolute atomic E-state index is 0.0301. The van der Waals surface area contributed by atoms with Crippen LogP contribution in [0.15, 0.2) is 27.8 Å². The molecule has 8 heteroatoms. The Bertz CT molecular complexity index is 930. The van der Waals surface area contributed by atoms with Crippen LogP contribution in [0.3, 0.4) is 0 Å². The predicted octanol–water partition coefficient (Wildman–Crippen LogP) is 1.15. The molecule has 4 N–H and O–H groups in total. The van der Waals surface area contributed by atoms with Crippen molar-refractivity contribution in [2.75, 3.05) is 24.7 Å². The molecule has 1 aliphatic carbocycles. The van der Waals surface area contributed by atoms with Crippen molar-refractivity contribution in [3.63, 3.8) is 0 Å². The molecule has 0 aliphatic heterocycles. The van der Waals surface area contributed by atoms with Crippen LogP contribution in [0.1, 0.15) is 36.0 Å². The smallest absolute Gasteiger partial charge is 0.257 e. The number of phenols is 1. The molecule has 27 heavy (non-hydrogen) atoms. The number of carbonyl (C=O) groups excluding carboxylic acids is 1. The molecule has 1 aliphatic rings. The van der Waals surface area contributed by atoms with Crippen molar-refractivity contribution in [3.05, 3.63) is 44.2 Å². The molecular formula is C19H23N3O5. The van der Waals surface area contributed by atoms with Gasteiger partial charge < -0.3 is 25.7 Å². The standard InChI is InChI=1S/C19H23N3O5/c1-22(2)19(27)10-6-5-8-12(16(10)24)21-15-14(17(25)18(15)26)20-11-7-3-4-9-13(11)23/h5-6,8,11,13,20-21,23-24H,3-4,7,9H2,1-2H3/t11-,13-/m0/s1. The third kappa shape index (κ3) is 3.52. The second-order valence-corrected chi connectivity index (χ2v) is 7.04. The van der Waals surface area contributed by atoms with Gasteiger partial charge in [0.05, 0.1) is 23.4 Å². The molecule has 2 aromatic rings. The Morgan fingerprint density at radius 3 is 2.44 bits per heavy atom. The number of amides is 1. The summed E-state index contributed by atoms with van der Waals surface area (Å²) in [5.74, 6) is -0.683. The number of benzene rings is 1. The Kier molecular flexibility index (Phi) is 5.18. The SMILES string of the molecule is CN(C)C(=O)c1cccc(Nc2c(N[C@H]3CCCC[C@@H]3O)c(=O)c2=O)c1O. The molecule has 2 aromatic carbocycles. The second kappa shape index (κ2) is 7.40. The number of nitrogens with one attached hydrogen (secondary N) is 2. The fourth-order valence-corrected chi connectivity index (χ4v) is 3.31. The summed E-state index contributed by atoms with van der Waals surface area (Å²) in [5, 5.41) is 26.2. The summed E-state index contributed by atoms with van der Waals surface area (Å²) < 4.78 is 0. The average molecular weight is 373 g/mol. The van der Waals surface area contributed by atoms with Crippen LogP contribution < -0.4 is 21.5 Å². The van der Waals surface area contributed by atoms with Gasteiger partial charge in [0.1, 0.15) is 11.4 Å². The molecule has 1 amide bonds. The van der Waals surface area contributed by atoms with Gasteiger partial charge >= 0.3 is 0 Å². The van der Waals surface area contributed by atoms with Crippen LogP contribution in [0.2, 0.25) is 0 Å². The Morgan fingerprint density at radius 1 is 1.11 bits per heavy atom. The van der Waals surface area contributed by atoms with Gasteiger partial charge in [0, 0.05) is 14.1 Å². The van der Waals surface area contributed by atoms with Crippen LogP contribution in [0, 0.1) is 0 Å². The van der Waals surface area contributed by atoms with E-state index in [0.29, 0.717) is 12.8 Å². The molecule has 0 heterocycles. The van der Waals surface area contributed by atoms with Gasteiger partial charge in [-0.3, -0.25) is 14.4 Å². The van der Waals surface area contributed by atoms with Crippen LogP contribution in [-0.4, -0.2) is 47.3 Å². The lowest BCUT2D eigenvalue weighted by Crippen LogP contribution is -2.43. The maximum atomic E-state index is 12.1. The number of phenolic OH excluding ortho intramolecular Hbond substituents is 1. The molecular weight excluding hydrogens is 350 g/mol. The zero-order valence-electron chi connectivity index (χ0n) is 15.3. The number of aromatic hydroxyl groups is 1. The van der Waals surface area contributed by atoms with Gasteiger partial charge in [-0.2, -0.15) is 0 Å². The van der Waals surface area contributed by atoms with E-state index >= 15 is 0 Å². The molecule has 3 rings (SSSR count). The fraction of sp³-hybridized carbons (Fsp3) is 0.421. The van der Waals surface area contributed by atoms with E-state index in [2.05, 4.69) is 10.6 Å². The molecule has 0 spiro atoms. The third-order valence-electron chi connectivity index (χ3n) is 4.90. The highest BCUT2D eigenvalue weighted by Gasteiger charge is 2.29. The quantitative estimate of drug-likeness (QED) is 0.458. The highest BCUT2D eigenvalue weighted by atomic mass is 16.3. The number of nitrogens with zero attached hydrogens (tertiary/aromatic N) is 1. The number of carbonyl (C=O) groups is 1. The lowest BCUT2D eigenvalue weighted by Gasteiger charge is -2.30. The summed E-state index contributed by atoms with van der Waals surface area (Å²) in [6.07, 6.45) is 2.63. The van der Waals surface area contributed by atoms with Crippen LogP contribution in [0.25, 0.3) is 0 Å². The van der Waals surface area contributed by atoms with Crippen molar-refractivity contribution in [2.24, 2.45) is 0 Å². The number of aliphatic hydroxyl groups excluding tert-OH is 1. The van der Waals surface area contributed by atoms with Gasteiger partial charge in [0.2, 0.25) is 0 Å². The first-order valence-electron chi connectivity index (χ1n) is 8.89. The Labute approximate surface area is 156 Å². The maximum Gasteiger partial charge on any atom is 0.257 e. The predicted molar refractivity (Wildman–Crippen MR) is 103 cm³/mol. The van der Waals surface area contributed by atoms with Crippen molar-refractivity contribution in [1.29, 1.82) is 0 Å². The summed E-state index contributed by atoms with van der Waals surface area (Å²) in [7, 11) is 3.13. The summed E-state index contributed by atoms with van der Waals surface area (Å²) in [4.78, 5) is 37.4. The number of hydrogen-bond donors (Lipinski definition) is 4. The van der Waals surface area contributed by atoms with Gasteiger partial charge in [-0.15, -0.1) is 0 Å². The summed E-state index contributed by atoms with van der Waals surface area (Å²) >= 11 is 0. The van der Waals surface area contributed by atoms with Gasteiger partial charge in [0.15, 0.2) is 5.75 Å². The first kappa shape index (κ1) is 18.9. The molecule has 1 fully saturated rings. The topological polar surface area (TPSA) is 119 Å². The number of para-hydroxylation sites is 1. The zero-order chi connectivity index (χ0) is 19.7. The number of anilines is 3. The fourth-order valence-electron chi connectivity index (χ4n) is 3.31. The molecule has 0 unspecified atom stereocenters. The van der Waals surface area contributed by atoms with E-state index in [4.69, 9.17) is 0 Å². The normalized spacial score (nSPS) is 19.7. The van der Waals surface area contributed by atoms with Gasteiger partial charge in [-0.05, 0) is 25.0 Å². The second-order valence-electron chi connectivity index (χ2n) is 7.04. The third-order valence-corrected chi connectivity index (χ3v) is 4.90. The van der Waals surface area contributed by atoms with Crippen molar-refractivity contribution in [1.82, 2.24) is 4.90 Å². The number of aliphatic hydroxyl groups is 1.